The maximum Gasteiger partial charge on any atom is 0.190 e. The molecule has 0 spiro atoms. The molecule has 1 rings (SSSR count). The van der Waals surface area contributed by atoms with Crippen LogP contribution in [0, 0.1) is 11.8 Å². The van der Waals surface area contributed by atoms with Crippen LogP contribution >= 0.6 is 0 Å². The van der Waals surface area contributed by atoms with E-state index in [2.05, 4.69) is 0 Å². The molecule has 26 heavy (non-hydrogen) atoms. The zero-order chi connectivity index (χ0) is 20.2. The number of rotatable bonds is 6. The normalized spacial score (nSPS) is 25.6. The van der Waals surface area contributed by atoms with Gasteiger partial charge < -0.3 is 5.11 Å². The molecule has 0 saturated heterocycles. The van der Waals surface area contributed by atoms with Crippen molar-refractivity contribution in [3.8, 4) is 0 Å². The van der Waals surface area contributed by atoms with Gasteiger partial charge in [-0.05, 0) is 54.0 Å². The Kier molecular flexibility index (Phi) is 7.16. The van der Waals surface area contributed by atoms with Gasteiger partial charge in [0.1, 0.15) is 5.92 Å². The fourth-order valence-corrected chi connectivity index (χ4v) is 2.88. The number of allylic oxidation sites excluding steroid dienone is 5. The van der Waals surface area contributed by atoms with Crippen LogP contribution in [-0.4, -0.2) is 33.8 Å². The van der Waals surface area contributed by atoms with E-state index in [1.807, 2.05) is 13.8 Å². The minimum Gasteiger partial charge on any atom is -0.374 e. The molecular formula is C21H28O5. The molecule has 142 valence electrons. The second-order valence-electron chi connectivity index (χ2n) is 7.60. The summed E-state index contributed by atoms with van der Waals surface area (Å²) in [5.74, 6) is -6.05. The minimum atomic E-state index is -2.35. The van der Waals surface area contributed by atoms with E-state index in [0.29, 0.717) is 5.57 Å². The maximum absolute atomic E-state index is 12.8. The van der Waals surface area contributed by atoms with Crippen molar-refractivity contribution >= 4 is 23.1 Å². The fourth-order valence-electron chi connectivity index (χ4n) is 2.88. The third-order valence-electron chi connectivity index (χ3n) is 4.30. The second-order valence-corrected chi connectivity index (χ2v) is 7.60. The first-order chi connectivity index (χ1) is 11.9. The first kappa shape index (κ1) is 21.9. The Balaban J connectivity index is 3.45. The van der Waals surface area contributed by atoms with E-state index < -0.39 is 40.6 Å². The van der Waals surface area contributed by atoms with Crippen LogP contribution in [0.4, 0.5) is 0 Å². The molecule has 1 N–H and O–H groups in total. The van der Waals surface area contributed by atoms with Gasteiger partial charge in [0, 0.05) is 6.42 Å². The summed E-state index contributed by atoms with van der Waals surface area (Å²) in [6, 6.07) is 0. The van der Waals surface area contributed by atoms with E-state index in [0.717, 1.165) is 11.1 Å². The summed E-state index contributed by atoms with van der Waals surface area (Å²) in [6.07, 6.45) is 4.34. The van der Waals surface area contributed by atoms with Crippen molar-refractivity contribution in [1.82, 2.24) is 0 Å². The van der Waals surface area contributed by atoms with Crippen molar-refractivity contribution in [2.45, 2.75) is 60.0 Å². The quantitative estimate of drug-likeness (QED) is 0.447. The van der Waals surface area contributed by atoms with Gasteiger partial charge in [-0.2, -0.15) is 0 Å². The Morgan fingerprint density at radius 3 is 1.92 bits per heavy atom. The summed E-state index contributed by atoms with van der Waals surface area (Å²) in [7, 11) is 0. The van der Waals surface area contributed by atoms with Gasteiger partial charge in [-0.25, -0.2) is 0 Å². The zero-order valence-electron chi connectivity index (χ0n) is 16.4. The van der Waals surface area contributed by atoms with Crippen LogP contribution in [0.5, 0.6) is 0 Å². The van der Waals surface area contributed by atoms with Crippen LogP contribution in [0.2, 0.25) is 0 Å². The van der Waals surface area contributed by atoms with Crippen LogP contribution in [0.3, 0.4) is 0 Å². The van der Waals surface area contributed by atoms with Crippen LogP contribution in [0.25, 0.3) is 0 Å². The Labute approximate surface area is 154 Å². The third-order valence-corrected chi connectivity index (χ3v) is 4.30. The molecule has 0 amide bonds. The number of hydrogen-bond acceptors (Lipinski definition) is 5. The Bertz CT molecular complexity index is 711. The van der Waals surface area contributed by atoms with Crippen LogP contribution in [0.15, 0.2) is 34.9 Å². The van der Waals surface area contributed by atoms with Crippen molar-refractivity contribution in [3.63, 3.8) is 0 Å². The Morgan fingerprint density at radius 2 is 1.46 bits per heavy atom. The van der Waals surface area contributed by atoms with E-state index in [4.69, 9.17) is 0 Å². The summed E-state index contributed by atoms with van der Waals surface area (Å²) in [5.41, 5.74) is 0.0221. The van der Waals surface area contributed by atoms with E-state index in [-0.39, 0.29) is 12.8 Å². The van der Waals surface area contributed by atoms with Gasteiger partial charge >= 0.3 is 0 Å². The van der Waals surface area contributed by atoms with E-state index in [1.54, 1.807) is 39.8 Å². The highest BCUT2D eigenvalue weighted by Gasteiger charge is 2.58. The Hall–Kier alpha value is -2.14. The summed E-state index contributed by atoms with van der Waals surface area (Å²) in [4.78, 5) is 50.8. The molecule has 0 heterocycles. The standard InChI is InChI=1S/C21H28O5/c1-12(2)7-8-15-18(23)17(16(22)11-14(5)6)20(25)21(26,19(15)24)10-9-13(3)4/h7,9,11,15,17,26H,8,10H2,1-6H3. The van der Waals surface area contributed by atoms with Crippen molar-refractivity contribution in [3.05, 3.63) is 34.9 Å². The molecule has 0 radical (unpaired) electrons. The van der Waals surface area contributed by atoms with Crippen LogP contribution in [0.1, 0.15) is 54.4 Å². The number of Topliss-reactive ketones (excluding diaryl/α,β-unsaturated/α-hetero) is 3. The highest BCUT2D eigenvalue weighted by Crippen LogP contribution is 2.34. The first-order valence-corrected chi connectivity index (χ1v) is 8.72. The van der Waals surface area contributed by atoms with Gasteiger partial charge in [0.05, 0.1) is 5.92 Å². The minimum absolute atomic E-state index is 0.0724. The average Bonchev–Trinajstić information content (AvgIpc) is 2.50. The molecule has 0 aromatic heterocycles. The SMILES string of the molecule is CC(C)=CCC1C(=O)C(C(=O)C=C(C)C)C(=O)C(O)(CC=C(C)C)C1=O. The van der Waals surface area contributed by atoms with Gasteiger partial charge in [0.15, 0.2) is 28.7 Å². The molecule has 1 saturated carbocycles. The number of aliphatic hydroxyl groups is 1. The lowest BCUT2D eigenvalue weighted by Gasteiger charge is -2.36. The molecule has 5 heteroatoms. The van der Waals surface area contributed by atoms with Crippen molar-refractivity contribution < 1.29 is 24.3 Å². The molecule has 3 unspecified atom stereocenters. The average molecular weight is 360 g/mol. The first-order valence-electron chi connectivity index (χ1n) is 8.72. The number of hydrogen-bond donors (Lipinski definition) is 1. The maximum atomic E-state index is 12.8. The van der Waals surface area contributed by atoms with Crippen LogP contribution in [-0.2, 0) is 19.2 Å². The molecule has 3 atom stereocenters. The second kappa shape index (κ2) is 8.49. The number of carbonyl (C=O) groups is 4. The van der Waals surface area contributed by atoms with E-state index in [9.17, 15) is 24.3 Å². The molecule has 0 aliphatic heterocycles. The fraction of sp³-hybridized carbons (Fsp3) is 0.524. The lowest BCUT2D eigenvalue weighted by Crippen LogP contribution is -2.61. The monoisotopic (exact) mass is 360 g/mol. The van der Waals surface area contributed by atoms with Crippen molar-refractivity contribution in [1.29, 1.82) is 0 Å². The van der Waals surface area contributed by atoms with Crippen LogP contribution < -0.4 is 0 Å². The third kappa shape index (κ3) is 4.73. The summed E-state index contributed by atoms with van der Waals surface area (Å²) in [6.45, 7) is 10.6. The highest BCUT2D eigenvalue weighted by molar-refractivity contribution is 6.36. The van der Waals surface area contributed by atoms with Gasteiger partial charge in [-0.15, -0.1) is 0 Å². The van der Waals surface area contributed by atoms with E-state index >= 15 is 0 Å². The molecule has 1 fully saturated rings. The van der Waals surface area contributed by atoms with Gasteiger partial charge in [-0.3, -0.25) is 19.2 Å². The Morgan fingerprint density at radius 1 is 0.923 bits per heavy atom. The largest absolute Gasteiger partial charge is 0.374 e. The molecule has 1 aliphatic carbocycles. The molecule has 0 aromatic carbocycles. The van der Waals surface area contributed by atoms with Crippen molar-refractivity contribution in [2.75, 3.05) is 0 Å². The number of carbonyl (C=O) groups excluding carboxylic acids is 4. The van der Waals surface area contributed by atoms with Crippen molar-refractivity contribution in [2.24, 2.45) is 11.8 Å². The zero-order valence-corrected chi connectivity index (χ0v) is 16.4. The van der Waals surface area contributed by atoms with Gasteiger partial charge in [-0.1, -0.05) is 28.9 Å². The van der Waals surface area contributed by atoms with Gasteiger partial charge in [0.25, 0.3) is 0 Å². The summed E-state index contributed by atoms with van der Waals surface area (Å²) < 4.78 is 0. The number of ketones is 4. The van der Waals surface area contributed by atoms with E-state index in [1.165, 1.54) is 6.08 Å². The molecule has 5 nitrogen and oxygen atoms in total. The molecular weight excluding hydrogens is 332 g/mol. The van der Waals surface area contributed by atoms with Gasteiger partial charge in [0.2, 0.25) is 0 Å². The lowest BCUT2D eigenvalue weighted by molar-refractivity contribution is -0.165. The predicted octanol–water partition coefficient (Wildman–Crippen LogP) is 2.92. The molecule has 0 bridgehead atoms. The highest BCUT2D eigenvalue weighted by atomic mass is 16.3. The summed E-state index contributed by atoms with van der Waals surface area (Å²) >= 11 is 0. The predicted molar refractivity (Wildman–Crippen MR) is 99.5 cm³/mol. The summed E-state index contributed by atoms with van der Waals surface area (Å²) in [5, 5.41) is 10.9. The molecule has 1 aliphatic rings. The smallest absolute Gasteiger partial charge is 0.190 e. The topological polar surface area (TPSA) is 88.5 Å². The lowest BCUT2D eigenvalue weighted by atomic mass is 9.66. The molecule has 0 aromatic rings.